The SMILES string of the molecule is CCCNC(=O)CNc1cc([N+](=O)[O-])c(C)cn1. The van der Waals surface area contributed by atoms with Crippen molar-refractivity contribution in [3.05, 3.63) is 27.9 Å². The van der Waals surface area contributed by atoms with Gasteiger partial charge in [-0.25, -0.2) is 4.98 Å². The van der Waals surface area contributed by atoms with Gasteiger partial charge in [-0.1, -0.05) is 6.92 Å². The molecule has 0 saturated carbocycles. The van der Waals surface area contributed by atoms with Gasteiger partial charge in [-0.3, -0.25) is 14.9 Å². The third-order valence-electron chi connectivity index (χ3n) is 2.27. The summed E-state index contributed by atoms with van der Waals surface area (Å²) in [6.45, 7) is 4.23. The Morgan fingerprint density at radius 1 is 1.56 bits per heavy atom. The first-order valence-corrected chi connectivity index (χ1v) is 5.66. The molecule has 1 rings (SSSR count). The van der Waals surface area contributed by atoms with Gasteiger partial charge in [0.25, 0.3) is 5.69 Å². The van der Waals surface area contributed by atoms with Gasteiger partial charge in [-0.05, 0) is 13.3 Å². The average Bonchev–Trinajstić information content (AvgIpc) is 2.35. The Morgan fingerprint density at radius 2 is 2.28 bits per heavy atom. The first-order valence-electron chi connectivity index (χ1n) is 5.66. The number of carbonyl (C=O) groups excluding carboxylic acids is 1. The molecule has 1 amide bonds. The Labute approximate surface area is 105 Å². The zero-order chi connectivity index (χ0) is 13.5. The summed E-state index contributed by atoms with van der Waals surface area (Å²) in [6.07, 6.45) is 2.27. The van der Waals surface area contributed by atoms with Crippen molar-refractivity contribution in [3.63, 3.8) is 0 Å². The zero-order valence-electron chi connectivity index (χ0n) is 10.4. The molecular formula is C11H16N4O3. The van der Waals surface area contributed by atoms with Crippen molar-refractivity contribution in [3.8, 4) is 0 Å². The van der Waals surface area contributed by atoms with Crippen LogP contribution in [0.1, 0.15) is 18.9 Å². The van der Waals surface area contributed by atoms with Gasteiger partial charge in [0, 0.05) is 18.3 Å². The van der Waals surface area contributed by atoms with Crippen molar-refractivity contribution in [1.82, 2.24) is 10.3 Å². The molecule has 1 aromatic rings. The molecule has 0 aliphatic heterocycles. The molecule has 1 heterocycles. The van der Waals surface area contributed by atoms with Crippen molar-refractivity contribution >= 4 is 17.4 Å². The molecule has 0 saturated heterocycles. The first kappa shape index (κ1) is 13.9. The van der Waals surface area contributed by atoms with Crippen molar-refractivity contribution < 1.29 is 9.72 Å². The van der Waals surface area contributed by atoms with Gasteiger partial charge in [-0.15, -0.1) is 0 Å². The molecule has 0 radical (unpaired) electrons. The predicted molar refractivity (Wildman–Crippen MR) is 67.4 cm³/mol. The largest absolute Gasteiger partial charge is 0.361 e. The summed E-state index contributed by atoms with van der Waals surface area (Å²) in [5.41, 5.74) is 0.474. The Kier molecular flexibility index (Phi) is 5.04. The highest BCUT2D eigenvalue weighted by Crippen LogP contribution is 2.19. The first-order chi connectivity index (χ1) is 8.54. The molecule has 0 atom stereocenters. The van der Waals surface area contributed by atoms with Crippen LogP contribution in [0.4, 0.5) is 11.5 Å². The predicted octanol–water partition coefficient (Wildman–Crippen LogP) is 1.24. The molecule has 1 aromatic heterocycles. The molecule has 0 aliphatic carbocycles. The number of hydrogen-bond acceptors (Lipinski definition) is 5. The lowest BCUT2D eigenvalue weighted by molar-refractivity contribution is -0.385. The van der Waals surface area contributed by atoms with E-state index in [1.165, 1.54) is 12.3 Å². The summed E-state index contributed by atoms with van der Waals surface area (Å²) in [6, 6.07) is 1.32. The Bertz CT molecular complexity index is 448. The van der Waals surface area contributed by atoms with E-state index in [0.717, 1.165) is 6.42 Å². The van der Waals surface area contributed by atoms with E-state index in [9.17, 15) is 14.9 Å². The van der Waals surface area contributed by atoms with Gasteiger partial charge < -0.3 is 10.6 Å². The van der Waals surface area contributed by atoms with Crippen molar-refractivity contribution in [2.45, 2.75) is 20.3 Å². The van der Waals surface area contributed by atoms with Crippen LogP contribution in [0, 0.1) is 17.0 Å². The number of pyridine rings is 1. The van der Waals surface area contributed by atoms with Gasteiger partial charge in [0.05, 0.1) is 17.5 Å². The minimum atomic E-state index is -0.473. The fraction of sp³-hybridized carbons (Fsp3) is 0.455. The van der Waals surface area contributed by atoms with Gasteiger partial charge >= 0.3 is 0 Å². The second-order valence-electron chi connectivity index (χ2n) is 3.82. The van der Waals surface area contributed by atoms with Gasteiger partial charge in [0.2, 0.25) is 5.91 Å². The molecule has 18 heavy (non-hydrogen) atoms. The van der Waals surface area contributed by atoms with E-state index in [4.69, 9.17) is 0 Å². The Balaban J connectivity index is 2.60. The Hall–Kier alpha value is -2.18. The highest BCUT2D eigenvalue weighted by molar-refractivity contribution is 5.80. The van der Waals surface area contributed by atoms with Gasteiger partial charge in [0.15, 0.2) is 0 Å². The monoisotopic (exact) mass is 252 g/mol. The quantitative estimate of drug-likeness (QED) is 0.586. The van der Waals surface area contributed by atoms with E-state index in [2.05, 4.69) is 15.6 Å². The number of carbonyl (C=O) groups is 1. The number of nitrogens with zero attached hydrogens (tertiary/aromatic N) is 2. The number of aryl methyl sites for hydroxylation is 1. The molecule has 2 N–H and O–H groups in total. The minimum Gasteiger partial charge on any atom is -0.361 e. The lowest BCUT2D eigenvalue weighted by Crippen LogP contribution is -2.30. The van der Waals surface area contributed by atoms with Crippen LogP contribution >= 0.6 is 0 Å². The number of rotatable bonds is 6. The van der Waals surface area contributed by atoms with Gasteiger partial charge in [0.1, 0.15) is 5.82 Å². The summed E-state index contributed by atoms with van der Waals surface area (Å²) < 4.78 is 0. The molecule has 0 aromatic carbocycles. The smallest absolute Gasteiger partial charge is 0.277 e. The number of amides is 1. The van der Waals surface area contributed by atoms with E-state index in [0.29, 0.717) is 17.9 Å². The molecule has 0 fully saturated rings. The van der Waals surface area contributed by atoms with Crippen LogP contribution in [0.3, 0.4) is 0 Å². The zero-order valence-corrected chi connectivity index (χ0v) is 10.4. The Morgan fingerprint density at radius 3 is 2.89 bits per heavy atom. The summed E-state index contributed by atoms with van der Waals surface area (Å²) in [5, 5.41) is 16.2. The number of anilines is 1. The van der Waals surface area contributed by atoms with Crippen LogP contribution in [0.5, 0.6) is 0 Å². The van der Waals surface area contributed by atoms with Crippen LogP contribution in [0.15, 0.2) is 12.3 Å². The van der Waals surface area contributed by atoms with E-state index in [1.54, 1.807) is 6.92 Å². The van der Waals surface area contributed by atoms with E-state index >= 15 is 0 Å². The van der Waals surface area contributed by atoms with Crippen LogP contribution < -0.4 is 10.6 Å². The second kappa shape index (κ2) is 6.53. The molecule has 98 valence electrons. The summed E-state index contributed by atoms with van der Waals surface area (Å²) >= 11 is 0. The maximum absolute atomic E-state index is 11.3. The van der Waals surface area contributed by atoms with Crippen LogP contribution in [-0.4, -0.2) is 28.9 Å². The highest BCUT2D eigenvalue weighted by atomic mass is 16.6. The van der Waals surface area contributed by atoms with Crippen molar-refractivity contribution in [2.75, 3.05) is 18.4 Å². The third-order valence-corrected chi connectivity index (χ3v) is 2.27. The molecule has 0 bridgehead atoms. The van der Waals surface area contributed by atoms with Crippen LogP contribution in [-0.2, 0) is 4.79 Å². The van der Waals surface area contributed by atoms with Crippen molar-refractivity contribution in [2.24, 2.45) is 0 Å². The second-order valence-corrected chi connectivity index (χ2v) is 3.82. The van der Waals surface area contributed by atoms with Gasteiger partial charge in [-0.2, -0.15) is 0 Å². The summed E-state index contributed by atoms with van der Waals surface area (Å²) in [4.78, 5) is 25.6. The molecule has 0 aliphatic rings. The lowest BCUT2D eigenvalue weighted by Gasteiger charge is -2.06. The topological polar surface area (TPSA) is 97.2 Å². The molecule has 7 nitrogen and oxygen atoms in total. The summed E-state index contributed by atoms with van der Waals surface area (Å²) in [7, 11) is 0. The molecular weight excluding hydrogens is 236 g/mol. The normalized spacial score (nSPS) is 9.89. The summed E-state index contributed by atoms with van der Waals surface area (Å²) in [5.74, 6) is 0.154. The number of aromatic nitrogens is 1. The van der Waals surface area contributed by atoms with E-state index in [1.807, 2.05) is 6.92 Å². The number of nitro groups is 1. The third kappa shape index (κ3) is 4.00. The average molecular weight is 252 g/mol. The molecule has 0 unspecified atom stereocenters. The number of hydrogen-bond donors (Lipinski definition) is 2. The fourth-order valence-electron chi connectivity index (χ4n) is 1.30. The molecule has 0 spiro atoms. The molecule has 7 heteroatoms. The maximum Gasteiger partial charge on any atom is 0.277 e. The minimum absolute atomic E-state index is 0.0125. The highest BCUT2D eigenvalue weighted by Gasteiger charge is 2.12. The standard InChI is InChI=1S/C11H16N4O3/c1-3-4-12-11(16)7-14-10-5-9(15(17)18)8(2)6-13-10/h5-6H,3-4,7H2,1-2H3,(H,12,16)(H,13,14). The van der Waals surface area contributed by atoms with Crippen LogP contribution in [0.2, 0.25) is 0 Å². The van der Waals surface area contributed by atoms with Crippen molar-refractivity contribution in [1.29, 1.82) is 0 Å². The lowest BCUT2D eigenvalue weighted by atomic mass is 10.2. The van der Waals surface area contributed by atoms with Crippen LogP contribution in [0.25, 0.3) is 0 Å². The fourth-order valence-corrected chi connectivity index (χ4v) is 1.30. The maximum atomic E-state index is 11.3. The van der Waals surface area contributed by atoms with E-state index in [-0.39, 0.29) is 18.1 Å². The number of nitrogens with one attached hydrogen (secondary N) is 2. The van der Waals surface area contributed by atoms with E-state index < -0.39 is 4.92 Å².